The third-order valence-electron chi connectivity index (χ3n) is 4.36. The largest absolute Gasteiger partial charge is 0.372 e. The number of alkyl halides is 3. The molecule has 1 saturated carbocycles. The molecule has 3 rings (SSSR count). The van der Waals surface area contributed by atoms with Crippen molar-refractivity contribution in [3.63, 3.8) is 0 Å². The van der Waals surface area contributed by atoms with Crippen LogP contribution in [0.15, 0.2) is 34.7 Å². The van der Waals surface area contributed by atoms with Gasteiger partial charge in [0, 0.05) is 23.1 Å². The number of rotatable bonds is 7. The van der Waals surface area contributed by atoms with E-state index in [2.05, 4.69) is 35.8 Å². The summed E-state index contributed by atoms with van der Waals surface area (Å²) in [5, 5.41) is 8.56. The van der Waals surface area contributed by atoms with Crippen LogP contribution in [0, 0.1) is 17.3 Å². The number of fused-ring (bicyclic) bond motifs is 1. The molecular weight excluding hydrogens is 491 g/mol. The number of halogens is 4. The smallest absolute Gasteiger partial charge is 0.268 e. The molecule has 0 saturated heterocycles. The van der Waals surface area contributed by atoms with Gasteiger partial charge in [0.05, 0.1) is 33.0 Å². The van der Waals surface area contributed by atoms with Gasteiger partial charge in [-0.15, -0.1) is 12.6 Å². The lowest BCUT2D eigenvalue weighted by Gasteiger charge is -2.13. The Hall–Kier alpha value is -1.57. The standard InChI is InChI=1S/C18H19ClFN3OS.C3H4F2S.C2H6/c1-12(21)16-8-13(4-3-7-24-2)17-15(19)9-14(10-23(16)17)25-22-18(11-20)5-6-18;1-2(6)3(4)5;1-2/h8-10,21-22H,5-7,11H2,1-2H3;3,6H,1H2;1-2H3. The van der Waals surface area contributed by atoms with Crippen LogP contribution < -0.4 is 4.72 Å². The molecule has 1 aliphatic rings. The maximum absolute atomic E-state index is 13.0. The minimum atomic E-state index is -2.48. The number of nitrogens with one attached hydrogen (secondary N) is 2. The molecule has 0 atom stereocenters. The summed E-state index contributed by atoms with van der Waals surface area (Å²) in [5.41, 5.74) is 2.29. The number of thiol groups is 1. The molecule has 10 heteroatoms. The number of aromatic nitrogens is 1. The highest BCUT2D eigenvalue weighted by atomic mass is 35.5. The first-order valence-electron chi connectivity index (χ1n) is 10.2. The van der Waals surface area contributed by atoms with Crippen LogP contribution in [-0.2, 0) is 4.74 Å². The summed E-state index contributed by atoms with van der Waals surface area (Å²) in [6.07, 6.45) is 1.12. The predicted octanol–water partition coefficient (Wildman–Crippen LogP) is 6.80. The second kappa shape index (κ2) is 14.0. The summed E-state index contributed by atoms with van der Waals surface area (Å²) in [6, 6.07) is 3.70. The Kier molecular flexibility index (Phi) is 12.5. The molecule has 0 radical (unpaired) electrons. The zero-order valence-electron chi connectivity index (χ0n) is 19.1. The zero-order chi connectivity index (χ0) is 25.2. The number of hydrogen-bond donors (Lipinski definition) is 3. The molecule has 33 heavy (non-hydrogen) atoms. The van der Waals surface area contributed by atoms with Crippen LogP contribution in [-0.4, -0.2) is 42.5 Å². The Bertz CT molecular complexity index is 1030. The lowest BCUT2D eigenvalue weighted by molar-refractivity contribution is 0.200. The van der Waals surface area contributed by atoms with Crippen LogP contribution in [0.25, 0.3) is 5.52 Å². The molecule has 4 nitrogen and oxygen atoms in total. The fraction of sp³-hybridized carbons (Fsp3) is 0.435. The van der Waals surface area contributed by atoms with E-state index < -0.39 is 6.43 Å². The molecule has 1 fully saturated rings. The number of allylic oxidation sites excluding steroid dienone is 1. The van der Waals surface area contributed by atoms with Gasteiger partial charge in [0.1, 0.15) is 13.3 Å². The van der Waals surface area contributed by atoms with Crippen LogP contribution in [0.5, 0.6) is 0 Å². The molecule has 0 aromatic carbocycles. The van der Waals surface area contributed by atoms with Crippen molar-refractivity contribution in [2.45, 2.75) is 50.5 Å². The Morgan fingerprint density at radius 1 is 1.42 bits per heavy atom. The normalized spacial score (nSPS) is 13.3. The molecule has 0 unspecified atom stereocenters. The third kappa shape index (κ3) is 8.62. The second-order valence-corrected chi connectivity index (χ2v) is 8.82. The van der Waals surface area contributed by atoms with E-state index in [-0.39, 0.29) is 17.1 Å². The van der Waals surface area contributed by atoms with E-state index >= 15 is 0 Å². The highest BCUT2D eigenvalue weighted by Gasteiger charge is 2.42. The number of nitrogens with zero attached hydrogens (tertiary/aromatic N) is 1. The molecule has 1 aliphatic carbocycles. The highest BCUT2D eigenvalue weighted by molar-refractivity contribution is 7.97. The van der Waals surface area contributed by atoms with Gasteiger partial charge in [-0.3, -0.25) is 4.72 Å². The summed E-state index contributed by atoms with van der Waals surface area (Å²) >= 11 is 11.1. The van der Waals surface area contributed by atoms with Gasteiger partial charge >= 0.3 is 0 Å². The van der Waals surface area contributed by atoms with Gasteiger partial charge in [-0.05, 0) is 43.8 Å². The number of hydrogen-bond acceptors (Lipinski definition) is 5. The van der Waals surface area contributed by atoms with Crippen molar-refractivity contribution >= 4 is 47.4 Å². The molecule has 2 aromatic rings. The van der Waals surface area contributed by atoms with E-state index in [1.807, 2.05) is 36.6 Å². The molecule has 182 valence electrons. The minimum Gasteiger partial charge on any atom is -0.372 e. The average molecular weight is 520 g/mol. The summed E-state index contributed by atoms with van der Waals surface area (Å²) in [4.78, 5) is 0.488. The maximum atomic E-state index is 13.0. The fourth-order valence-electron chi connectivity index (χ4n) is 2.48. The van der Waals surface area contributed by atoms with Crippen molar-refractivity contribution in [3.05, 3.63) is 46.1 Å². The monoisotopic (exact) mass is 519 g/mol. The van der Waals surface area contributed by atoms with E-state index in [9.17, 15) is 13.2 Å². The van der Waals surface area contributed by atoms with Crippen LogP contribution >= 0.6 is 36.2 Å². The summed E-state index contributed by atoms with van der Waals surface area (Å²) in [6.45, 7) is 8.55. The second-order valence-electron chi connectivity index (χ2n) is 6.96. The van der Waals surface area contributed by atoms with Crippen LogP contribution in [0.1, 0.15) is 44.9 Å². The van der Waals surface area contributed by atoms with Crippen molar-refractivity contribution in [3.8, 4) is 11.8 Å². The fourth-order valence-corrected chi connectivity index (χ4v) is 3.79. The van der Waals surface area contributed by atoms with Gasteiger partial charge in [-0.25, -0.2) is 13.2 Å². The highest BCUT2D eigenvalue weighted by Crippen LogP contribution is 2.39. The van der Waals surface area contributed by atoms with Gasteiger partial charge in [0.15, 0.2) is 0 Å². The van der Waals surface area contributed by atoms with Gasteiger partial charge in [-0.1, -0.05) is 43.9 Å². The Balaban J connectivity index is 0.000000593. The lowest BCUT2D eigenvalue weighted by atomic mass is 10.2. The summed E-state index contributed by atoms with van der Waals surface area (Å²) in [7, 11) is 1.59. The third-order valence-corrected chi connectivity index (χ3v) is 5.84. The molecule has 0 bridgehead atoms. The summed E-state index contributed by atoms with van der Waals surface area (Å²) in [5.74, 6) is 5.98. The quantitative estimate of drug-likeness (QED) is 0.163. The van der Waals surface area contributed by atoms with Crippen molar-refractivity contribution in [2.75, 3.05) is 20.4 Å². The Labute approximate surface area is 208 Å². The Morgan fingerprint density at radius 2 is 2.03 bits per heavy atom. The first kappa shape index (κ1) is 29.5. The van der Waals surface area contributed by atoms with Gasteiger partial charge in [0.2, 0.25) is 0 Å². The molecule has 0 spiro atoms. The van der Waals surface area contributed by atoms with E-state index in [4.69, 9.17) is 21.7 Å². The number of pyridine rings is 1. The van der Waals surface area contributed by atoms with Crippen molar-refractivity contribution in [1.29, 1.82) is 5.41 Å². The van der Waals surface area contributed by atoms with Crippen LogP contribution in [0.4, 0.5) is 13.2 Å². The topological polar surface area (TPSA) is 49.5 Å². The van der Waals surface area contributed by atoms with E-state index in [1.165, 1.54) is 11.9 Å². The van der Waals surface area contributed by atoms with E-state index in [1.54, 1.807) is 14.0 Å². The van der Waals surface area contributed by atoms with Gasteiger partial charge in [-0.2, -0.15) is 0 Å². The molecule has 0 amide bonds. The molecular formula is C23H29ClF3N3OS2. The first-order valence-corrected chi connectivity index (χ1v) is 11.8. The minimum absolute atomic E-state index is 0.330. The maximum Gasteiger partial charge on any atom is 0.268 e. The predicted molar refractivity (Wildman–Crippen MR) is 136 cm³/mol. The van der Waals surface area contributed by atoms with Crippen LogP contribution in [0.3, 0.4) is 0 Å². The Morgan fingerprint density at radius 3 is 2.48 bits per heavy atom. The number of methoxy groups -OCH3 is 1. The van der Waals surface area contributed by atoms with Gasteiger partial charge in [0.25, 0.3) is 6.43 Å². The summed E-state index contributed by atoms with van der Waals surface area (Å²) < 4.78 is 45.0. The van der Waals surface area contributed by atoms with Crippen molar-refractivity contribution < 1.29 is 17.9 Å². The molecule has 2 heterocycles. The van der Waals surface area contributed by atoms with Crippen molar-refractivity contribution in [1.82, 2.24) is 9.12 Å². The van der Waals surface area contributed by atoms with Crippen LogP contribution in [0.2, 0.25) is 5.02 Å². The average Bonchev–Trinajstić information content (AvgIpc) is 3.47. The SMILES string of the molecule is C=C(S)C(F)F.CC.COCC#Cc1cc(C(C)=N)n2cc(SNC3(CF)CC3)cc(Cl)c12. The van der Waals surface area contributed by atoms with Crippen molar-refractivity contribution in [2.24, 2.45) is 0 Å². The molecule has 0 aliphatic heterocycles. The zero-order valence-corrected chi connectivity index (χ0v) is 21.5. The molecule has 2 aromatic heterocycles. The lowest BCUT2D eigenvalue weighted by Crippen LogP contribution is -2.27. The molecule has 2 N–H and O–H groups in total. The number of ether oxygens (including phenoxy) is 1. The first-order chi connectivity index (χ1) is 15.6. The van der Waals surface area contributed by atoms with Gasteiger partial charge < -0.3 is 14.5 Å². The van der Waals surface area contributed by atoms with E-state index in [0.717, 1.165) is 34.5 Å². The van der Waals surface area contributed by atoms with E-state index in [0.29, 0.717) is 17.3 Å².